The number of Topliss-reactive ketones (excluding diaryl/α,β-unsaturated/α-hetero) is 1. The molecule has 3 rings (SSSR count). The molecule has 0 spiro atoms. The van der Waals surface area contributed by atoms with E-state index in [1.165, 1.54) is 4.90 Å². The Hall–Kier alpha value is -2.34. The summed E-state index contributed by atoms with van der Waals surface area (Å²) in [6.07, 6.45) is 0. The van der Waals surface area contributed by atoms with Crippen LogP contribution in [-0.4, -0.2) is 35.8 Å². The van der Waals surface area contributed by atoms with Crippen molar-refractivity contribution in [3.63, 3.8) is 0 Å². The van der Waals surface area contributed by atoms with Gasteiger partial charge in [-0.1, -0.05) is 23.7 Å². The normalized spacial score (nSPS) is 20.0. The van der Waals surface area contributed by atoms with Gasteiger partial charge in [0, 0.05) is 21.8 Å². The first kappa shape index (κ1) is 15.6. The molecule has 1 N–H and O–H groups in total. The lowest BCUT2D eigenvalue weighted by atomic mass is 9.85. The molecule has 0 radical (unpaired) electrons. The van der Waals surface area contributed by atoms with Crippen molar-refractivity contribution in [2.75, 3.05) is 13.2 Å². The highest BCUT2D eigenvalue weighted by atomic mass is 35.5. The third-order valence-corrected chi connectivity index (χ3v) is 4.31. The first-order valence-electron chi connectivity index (χ1n) is 7.22. The van der Waals surface area contributed by atoms with E-state index in [0.717, 1.165) is 0 Å². The maximum absolute atomic E-state index is 12.4. The van der Waals surface area contributed by atoms with E-state index in [1.807, 2.05) is 0 Å². The molecule has 1 aromatic carbocycles. The SMILES string of the molecule is CCOC(=O)C1=C(C)NC(=O)N2CC(=O)c3cccc(Cl)c3C12. The highest BCUT2D eigenvalue weighted by Crippen LogP contribution is 2.42. The average Bonchev–Trinajstić information content (AvgIpc) is 2.49. The number of ether oxygens (including phenoxy) is 1. The lowest BCUT2D eigenvalue weighted by molar-refractivity contribution is -0.139. The number of urea groups is 1. The quantitative estimate of drug-likeness (QED) is 0.843. The van der Waals surface area contributed by atoms with Crippen LogP contribution >= 0.6 is 11.6 Å². The molecule has 1 atom stereocenters. The molecule has 0 bridgehead atoms. The first-order valence-corrected chi connectivity index (χ1v) is 7.60. The van der Waals surface area contributed by atoms with Gasteiger partial charge in [0.1, 0.15) is 0 Å². The smallest absolute Gasteiger partial charge is 0.338 e. The highest BCUT2D eigenvalue weighted by molar-refractivity contribution is 6.32. The lowest BCUT2D eigenvalue weighted by Crippen LogP contribution is -2.52. The number of rotatable bonds is 2. The van der Waals surface area contributed by atoms with Gasteiger partial charge in [-0.05, 0) is 19.9 Å². The summed E-state index contributed by atoms with van der Waals surface area (Å²) in [4.78, 5) is 38.3. The van der Waals surface area contributed by atoms with Crippen molar-refractivity contribution in [3.8, 4) is 0 Å². The van der Waals surface area contributed by atoms with E-state index in [0.29, 0.717) is 27.4 Å². The molecule has 7 heteroatoms. The number of benzene rings is 1. The van der Waals surface area contributed by atoms with E-state index in [2.05, 4.69) is 5.32 Å². The van der Waals surface area contributed by atoms with Crippen LogP contribution in [0, 0.1) is 0 Å². The number of amides is 2. The molecule has 1 aromatic rings. The molecule has 1 unspecified atom stereocenters. The average molecular weight is 335 g/mol. The highest BCUT2D eigenvalue weighted by Gasteiger charge is 2.44. The fourth-order valence-corrected chi connectivity index (χ4v) is 3.29. The van der Waals surface area contributed by atoms with Gasteiger partial charge >= 0.3 is 12.0 Å². The van der Waals surface area contributed by atoms with Crippen molar-refractivity contribution in [1.29, 1.82) is 0 Å². The molecule has 2 heterocycles. The van der Waals surface area contributed by atoms with Gasteiger partial charge in [0.05, 0.1) is 24.8 Å². The Kier molecular flexibility index (Phi) is 3.85. The third kappa shape index (κ3) is 2.39. The van der Waals surface area contributed by atoms with Crippen molar-refractivity contribution in [2.24, 2.45) is 0 Å². The largest absolute Gasteiger partial charge is 0.463 e. The number of ketones is 1. The Morgan fingerprint density at radius 3 is 2.87 bits per heavy atom. The molecule has 0 aromatic heterocycles. The van der Waals surface area contributed by atoms with Crippen LogP contribution in [0.2, 0.25) is 5.02 Å². The van der Waals surface area contributed by atoms with Crippen molar-refractivity contribution < 1.29 is 19.1 Å². The second-order valence-corrected chi connectivity index (χ2v) is 5.75. The zero-order valence-corrected chi connectivity index (χ0v) is 13.4. The Labute approximate surface area is 138 Å². The molecule has 2 aliphatic rings. The van der Waals surface area contributed by atoms with Crippen LogP contribution in [0.25, 0.3) is 0 Å². The predicted octanol–water partition coefficient (Wildman–Crippen LogP) is 2.44. The van der Waals surface area contributed by atoms with Gasteiger partial charge in [0.25, 0.3) is 0 Å². The molecule has 6 nitrogen and oxygen atoms in total. The zero-order valence-electron chi connectivity index (χ0n) is 12.7. The molecule has 120 valence electrons. The summed E-state index contributed by atoms with van der Waals surface area (Å²) in [5.41, 5.74) is 1.62. The minimum atomic E-state index is -0.718. The van der Waals surface area contributed by atoms with Crippen molar-refractivity contribution >= 4 is 29.4 Å². The zero-order chi connectivity index (χ0) is 16.7. The van der Waals surface area contributed by atoms with Crippen molar-refractivity contribution in [1.82, 2.24) is 10.2 Å². The molecule has 0 saturated heterocycles. The van der Waals surface area contributed by atoms with Gasteiger partial charge in [0.2, 0.25) is 0 Å². The fraction of sp³-hybridized carbons (Fsp3) is 0.312. The number of carbonyl (C=O) groups excluding carboxylic acids is 3. The molecule has 23 heavy (non-hydrogen) atoms. The molecule has 0 fully saturated rings. The molecule has 2 amide bonds. The third-order valence-electron chi connectivity index (χ3n) is 3.98. The number of esters is 1. The Morgan fingerprint density at radius 1 is 1.43 bits per heavy atom. The molecular formula is C16H15ClN2O4. The number of hydrogen-bond donors (Lipinski definition) is 1. The molecule has 0 aliphatic carbocycles. The fourth-order valence-electron chi connectivity index (χ4n) is 3.01. The van der Waals surface area contributed by atoms with Crippen LogP contribution in [0.3, 0.4) is 0 Å². The summed E-state index contributed by atoms with van der Waals surface area (Å²) in [5.74, 6) is -0.739. The maximum Gasteiger partial charge on any atom is 0.338 e. The van der Waals surface area contributed by atoms with Crippen LogP contribution in [0.1, 0.15) is 35.8 Å². The standard InChI is InChI=1S/C16H15ClN2O4/c1-3-23-15(21)12-8(2)18-16(22)19-7-11(20)9-5-4-6-10(17)13(9)14(12)19/h4-6,14H,3,7H2,1-2H3,(H,18,22). The van der Waals surface area contributed by atoms with E-state index < -0.39 is 18.0 Å². The minimum Gasteiger partial charge on any atom is -0.463 e. The van der Waals surface area contributed by atoms with Gasteiger partial charge in [0.15, 0.2) is 5.78 Å². The van der Waals surface area contributed by atoms with Crippen LogP contribution in [0.4, 0.5) is 4.79 Å². The predicted molar refractivity (Wildman–Crippen MR) is 83.1 cm³/mol. The van der Waals surface area contributed by atoms with Crippen LogP contribution in [0.15, 0.2) is 29.5 Å². The van der Waals surface area contributed by atoms with E-state index >= 15 is 0 Å². The summed E-state index contributed by atoms with van der Waals surface area (Å²) in [6.45, 7) is 3.44. The summed E-state index contributed by atoms with van der Waals surface area (Å²) >= 11 is 6.28. The van der Waals surface area contributed by atoms with E-state index in [-0.39, 0.29) is 18.9 Å². The first-order chi connectivity index (χ1) is 11.0. The number of hydrogen-bond acceptors (Lipinski definition) is 4. The Balaban J connectivity index is 2.23. The number of nitrogens with zero attached hydrogens (tertiary/aromatic N) is 1. The van der Waals surface area contributed by atoms with Gasteiger partial charge < -0.3 is 15.0 Å². The second kappa shape index (κ2) is 5.70. The van der Waals surface area contributed by atoms with Crippen LogP contribution < -0.4 is 5.32 Å². The van der Waals surface area contributed by atoms with Gasteiger partial charge in [-0.3, -0.25) is 4.79 Å². The number of halogens is 1. The minimum absolute atomic E-state index is 0.111. The summed E-state index contributed by atoms with van der Waals surface area (Å²) in [6, 6.07) is 3.83. The Bertz CT molecular complexity index is 756. The summed E-state index contributed by atoms with van der Waals surface area (Å²) < 4.78 is 5.11. The van der Waals surface area contributed by atoms with Crippen molar-refractivity contribution in [3.05, 3.63) is 45.6 Å². The van der Waals surface area contributed by atoms with Gasteiger partial charge in [-0.2, -0.15) is 0 Å². The maximum atomic E-state index is 12.4. The number of carbonyl (C=O) groups is 3. The monoisotopic (exact) mass is 334 g/mol. The molecule has 0 saturated carbocycles. The van der Waals surface area contributed by atoms with Crippen LogP contribution in [0.5, 0.6) is 0 Å². The molecular weight excluding hydrogens is 320 g/mol. The number of fused-ring (bicyclic) bond motifs is 3. The van der Waals surface area contributed by atoms with Crippen molar-refractivity contribution in [2.45, 2.75) is 19.9 Å². The van der Waals surface area contributed by atoms with Crippen LogP contribution in [-0.2, 0) is 9.53 Å². The topological polar surface area (TPSA) is 75.7 Å². The van der Waals surface area contributed by atoms with Gasteiger partial charge in [-0.15, -0.1) is 0 Å². The lowest BCUT2D eigenvalue weighted by Gasteiger charge is -2.41. The van der Waals surface area contributed by atoms with E-state index in [9.17, 15) is 14.4 Å². The Morgan fingerprint density at radius 2 is 2.17 bits per heavy atom. The summed E-state index contributed by atoms with van der Waals surface area (Å²) in [7, 11) is 0. The second-order valence-electron chi connectivity index (χ2n) is 5.34. The summed E-state index contributed by atoms with van der Waals surface area (Å²) in [5, 5.41) is 2.95. The molecule has 2 aliphatic heterocycles. The van der Waals surface area contributed by atoms with Gasteiger partial charge in [-0.25, -0.2) is 9.59 Å². The number of allylic oxidation sites excluding steroid dienone is 1. The van der Waals surface area contributed by atoms with E-state index in [1.54, 1.807) is 32.0 Å². The number of nitrogens with one attached hydrogen (secondary N) is 1. The van der Waals surface area contributed by atoms with E-state index in [4.69, 9.17) is 16.3 Å².